The second-order valence-electron chi connectivity index (χ2n) is 11.9. The van der Waals surface area contributed by atoms with Crippen molar-refractivity contribution < 1.29 is 14.0 Å². The fourth-order valence-corrected chi connectivity index (χ4v) is 5.86. The Kier molecular flexibility index (Phi) is 11.2. The highest BCUT2D eigenvalue weighted by Gasteiger charge is 2.39. The summed E-state index contributed by atoms with van der Waals surface area (Å²) in [5, 5.41) is 10.8. The molecule has 5 heteroatoms. The van der Waals surface area contributed by atoms with Crippen LogP contribution in [-0.4, -0.2) is 40.1 Å². The molecule has 0 unspecified atom stereocenters. The molecule has 0 amide bonds. The molecule has 0 aromatic rings. The average molecular weight is 433 g/mol. The van der Waals surface area contributed by atoms with Gasteiger partial charge >= 0.3 is 0 Å². The van der Waals surface area contributed by atoms with Crippen molar-refractivity contribution >= 4 is 16.6 Å². The second kappa shape index (κ2) is 11.1. The Balaban J connectivity index is 4.07. The first-order chi connectivity index (χ1) is 12.4. The molecule has 0 aliphatic rings. The molecule has 0 saturated carbocycles. The largest absolute Gasteiger partial charge is 0.414 e. The van der Waals surface area contributed by atoms with Crippen molar-refractivity contribution in [3.8, 4) is 0 Å². The van der Waals surface area contributed by atoms with Crippen molar-refractivity contribution in [3.63, 3.8) is 0 Å². The normalized spacial score (nSPS) is 16.5. The predicted molar refractivity (Wildman–Crippen MR) is 129 cm³/mol. The minimum absolute atomic E-state index is 0.194. The Hall–Kier alpha value is 0.314. The zero-order chi connectivity index (χ0) is 22.4. The monoisotopic (exact) mass is 432 g/mol. The third-order valence-corrected chi connectivity index (χ3v) is 16.1. The SMILES string of the molecule is C[C@@H](CCCC(O)CCC[C@H](C)O[Si](C)(C)C(C)(C)C)O[Si](C)(C)C(C)(C)C. The topological polar surface area (TPSA) is 38.7 Å². The predicted octanol–water partition coefficient (Wildman–Crippen LogP) is 7.51. The molecule has 170 valence electrons. The van der Waals surface area contributed by atoms with E-state index < -0.39 is 16.6 Å². The fourth-order valence-electron chi connectivity index (χ4n) is 2.90. The summed E-state index contributed by atoms with van der Waals surface area (Å²) in [7, 11) is -3.37. The molecule has 0 heterocycles. The molecule has 0 aliphatic heterocycles. The van der Waals surface area contributed by atoms with Crippen LogP contribution in [0.4, 0.5) is 0 Å². The van der Waals surface area contributed by atoms with Gasteiger partial charge in [0.05, 0.1) is 6.10 Å². The van der Waals surface area contributed by atoms with Gasteiger partial charge in [-0.3, -0.25) is 0 Å². The molecule has 0 rings (SSSR count). The third kappa shape index (κ3) is 10.4. The highest BCUT2D eigenvalue weighted by molar-refractivity contribution is 6.74. The van der Waals surface area contributed by atoms with E-state index in [9.17, 15) is 5.11 Å². The fraction of sp³-hybridized carbons (Fsp3) is 1.00. The lowest BCUT2D eigenvalue weighted by atomic mass is 10.0. The van der Waals surface area contributed by atoms with E-state index in [0.29, 0.717) is 0 Å². The highest BCUT2D eigenvalue weighted by Crippen LogP contribution is 2.38. The number of aliphatic hydroxyl groups excluding tert-OH is 1. The van der Waals surface area contributed by atoms with E-state index in [1.165, 1.54) is 0 Å². The van der Waals surface area contributed by atoms with E-state index in [2.05, 4.69) is 81.6 Å². The van der Waals surface area contributed by atoms with Crippen LogP contribution in [0.5, 0.6) is 0 Å². The van der Waals surface area contributed by atoms with E-state index in [1.807, 2.05) is 0 Å². The van der Waals surface area contributed by atoms with Crippen LogP contribution < -0.4 is 0 Å². The molecule has 28 heavy (non-hydrogen) atoms. The molecule has 0 aromatic carbocycles. The third-order valence-electron chi connectivity index (χ3n) is 6.90. The van der Waals surface area contributed by atoms with Gasteiger partial charge in [0.2, 0.25) is 0 Å². The summed E-state index contributed by atoms with van der Waals surface area (Å²) in [4.78, 5) is 0. The molecule has 1 N–H and O–H groups in total. The Morgan fingerprint density at radius 1 is 0.643 bits per heavy atom. The molecule has 0 fully saturated rings. The van der Waals surface area contributed by atoms with Crippen molar-refractivity contribution in [1.82, 2.24) is 0 Å². The van der Waals surface area contributed by atoms with Gasteiger partial charge < -0.3 is 14.0 Å². The first-order valence-electron chi connectivity index (χ1n) is 11.4. The number of aliphatic hydroxyl groups is 1. The number of hydrogen-bond donors (Lipinski definition) is 1. The Bertz CT molecular complexity index is 396. The summed E-state index contributed by atoms with van der Waals surface area (Å²) in [6, 6.07) is 0. The van der Waals surface area contributed by atoms with E-state index in [0.717, 1.165) is 38.5 Å². The van der Waals surface area contributed by atoms with Crippen LogP contribution in [0.3, 0.4) is 0 Å². The van der Waals surface area contributed by atoms with Crippen LogP contribution in [0.25, 0.3) is 0 Å². The van der Waals surface area contributed by atoms with Crippen LogP contribution in [-0.2, 0) is 8.85 Å². The van der Waals surface area contributed by atoms with Crippen LogP contribution in [0, 0.1) is 0 Å². The van der Waals surface area contributed by atoms with Crippen molar-refractivity contribution in [2.45, 2.75) is 148 Å². The van der Waals surface area contributed by atoms with E-state index in [4.69, 9.17) is 8.85 Å². The van der Waals surface area contributed by atoms with Gasteiger partial charge in [-0.1, -0.05) is 41.5 Å². The molecule has 0 aliphatic carbocycles. The maximum absolute atomic E-state index is 10.3. The van der Waals surface area contributed by atoms with Crippen LogP contribution in [0.1, 0.15) is 93.9 Å². The van der Waals surface area contributed by atoms with E-state index in [-0.39, 0.29) is 28.4 Å². The summed E-state index contributed by atoms with van der Waals surface area (Å²) >= 11 is 0. The summed E-state index contributed by atoms with van der Waals surface area (Å²) in [5.74, 6) is 0. The Morgan fingerprint density at radius 2 is 0.929 bits per heavy atom. The van der Waals surface area contributed by atoms with Crippen LogP contribution in [0.2, 0.25) is 36.3 Å². The van der Waals surface area contributed by atoms with Crippen molar-refractivity contribution in [2.75, 3.05) is 0 Å². The van der Waals surface area contributed by atoms with Crippen molar-refractivity contribution in [3.05, 3.63) is 0 Å². The minimum Gasteiger partial charge on any atom is -0.414 e. The molecule has 0 aromatic heterocycles. The molecule has 0 radical (unpaired) electrons. The lowest BCUT2D eigenvalue weighted by Crippen LogP contribution is -2.43. The van der Waals surface area contributed by atoms with E-state index in [1.54, 1.807) is 0 Å². The summed E-state index contributed by atoms with van der Waals surface area (Å²) in [6.45, 7) is 27.3. The quantitative estimate of drug-likeness (QED) is 0.324. The first kappa shape index (κ1) is 28.3. The second-order valence-corrected chi connectivity index (χ2v) is 21.4. The average Bonchev–Trinajstić information content (AvgIpc) is 2.43. The molecule has 0 saturated heterocycles. The van der Waals surface area contributed by atoms with Crippen LogP contribution >= 0.6 is 0 Å². The summed E-state index contributed by atoms with van der Waals surface area (Å²) < 4.78 is 12.8. The Labute approximate surface area is 179 Å². The summed E-state index contributed by atoms with van der Waals surface area (Å²) in [5.41, 5.74) is 0. The molecular formula is C23H52O3Si2. The molecular weight excluding hydrogens is 380 g/mol. The number of hydrogen-bond acceptors (Lipinski definition) is 3. The zero-order valence-corrected chi connectivity index (χ0v) is 23.2. The lowest BCUT2D eigenvalue weighted by molar-refractivity contribution is 0.126. The molecule has 0 bridgehead atoms. The highest BCUT2D eigenvalue weighted by atomic mass is 28.4. The summed E-state index contributed by atoms with van der Waals surface area (Å²) in [6.07, 6.45) is 6.27. The van der Waals surface area contributed by atoms with Gasteiger partial charge in [0, 0.05) is 12.2 Å². The lowest BCUT2D eigenvalue weighted by Gasteiger charge is -2.38. The smallest absolute Gasteiger partial charge is 0.192 e. The maximum atomic E-state index is 10.3. The van der Waals surface area contributed by atoms with Crippen molar-refractivity contribution in [2.24, 2.45) is 0 Å². The number of rotatable bonds is 12. The first-order valence-corrected chi connectivity index (χ1v) is 17.2. The van der Waals surface area contributed by atoms with Gasteiger partial charge in [-0.15, -0.1) is 0 Å². The van der Waals surface area contributed by atoms with Crippen LogP contribution in [0.15, 0.2) is 0 Å². The molecule has 0 spiro atoms. The van der Waals surface area contributed by atoms with Gasteiger partial charge in [0.15, 0.2) is 16.6 Å². The molecule has 3 nitrogen and oxygen atoms in total. The van der Waals surface area contributed by atoms with Gasteiger partial charge in [-0.2, -0.15) is 0 Å². The van der Waals surface area contributed by atoms with Gasteiger partial charge in [0.1, 0.15) is 0 Å². The van der Waals surface area contributed by atoms with E-state index >= 15 is 0 Å². The van der Waals surface area contributed by atoms with Gasteiger partial charge in [-0.05, 0) is 88.6 Å². The Morgan fingerprint density at radius 3 is 1.18 bits per heavy atom. The van der Waals surface area contributed by atoms with Gasteiger partial charge in [0.25, 0.3) is 0 Å². The van der Waals surface area contributed by atoms with Crippen molar-refractivity contribution in [1.29, 1.82) is 0 Å². The maximum Gasteiger partial charge on any atom is 0.192 e. The zero-order valence-electron chi connectivity index (χ0n) is 21.2. The standard InChI is InChI=1S/C23H52O3Si2/c1-19(25-27(9,10)22(3,4)5)15-13-17-21(24)18-14-16-20(2)26-28(11,12)23(6,7)8/h19-21,24H,13-18H2,1-12H3/t19-,20-/m0/s1. The van der Waals surface area contributed by atoms with Gasteiger partial charge in [-0.25, -0.2) is 0 Å². The molecule has 2 atom stereocenters. The minimum atomic E-state index is -1.69.